The molecule has 0 saturated heterocycles. The third kappa shape index (κ3) is 4.25. The molecule has 2 N–H and O–H groups in total. The Morgan fingerprint density at radius 2 is 2.32 bits per heavy atom. The number of hydrogen-bond donors (Lipinski definition) is 2. The lowest BCUT2D eigenvalue weighted by Crippen LogP contribution is -2.40. The van der Waals surface area contributed by atoms with Gasteiger partial charge in [-0.05, 0) is 38.5 Å². The lowest BCUT2D eigenvalue weighted by molar-refractivity contribution is 0.0910. The van der Waals surface area contributed by atoms with Crippen LogP contribution in [-0.2, 0) is 19.5 Å². The van der Waals surface area contributed by atoms with Crippen LogP contribution < -0.4 is 5.32 Å². The highest BCUT2D eigenvalue weighted by atomic mass is 16.3. The number of nitrogens with one attached hydrogen (secondary N) is 1. The van der Waals surface area contributed by atoms with Gasteiger partial charge in [0.2, 0.25) is 0 Å². The van der Waals surface area contributed by atoms with Gasteiger partial charge >= 0.3 is 0 Å². The minimum Gasteiger partial charge on any atom is -0.396 e. The summed E-state index contributed by atoms with van der Waals surface area (Å²) in [6, 6.07) is 0.139. The highest BCUT2D eigenvalue weighted by Crippen LogP contribution is 2.27. The smallest absolute Gasteiger partial charge is 0.287 e. The van der Waals surface area contributed by atoms with Gasteiger partial charge in [0.25, 0.3) is 5.91 Å². The zero-order valence-corrected chi connectivity index (χ0v) is 14.6. The number of imidazole rings is 1. The second-order valence-corrected chi connectivity index (χ2v) is 6.57. The molecule has 2 aromatic rings. The van der Waals surface area contributed by atoms with Gasteiger partial charge in [0.05, 0.1) is 5.69 Å². The molecule has 8 nitrogen and oxygen atoms in total. The van der Waals surface area contributed by atoms with E-state index in [2.05, 4.69) is 20.6 Å². The van der Waals surface area contributed by atoms with Crippen LogP contribution in [0.25, 0.3) is 0 Å². The third-order valence-electron chi connectivity index (χ3n) is 4.83. The van der Waals surface area contributed by atoms with Crippen LogP contribution in [0.1, 0.15) is 48.9 Å². The van der Waals surface area contributed by atoms with Crippen molar-refractivity contribution in [3.63, 3.8) is 0 Å². The van der Waals surface area contributed by atoms with Crippen molar-refractivity contribution in [1.82, 2.24) is 29.9 Å². The topological polar surface area (TPSA) is 97.9 Å². The molecule has 0 radical (unpaired) electrons. The summed E-state index contributed by atoms with van der Waals surface area (Å²) in [7, 11) is 0. The average Bonchev–Trinajstić information content (AvgIpc) is 3.34. The summed E-state index contributed by atoms with van der Waals surface area (Å²) < 4.78 is 3.71. The molecule has 136 valence electrons. The number of hydrogen-bond acceptors (Lipinski definition) is 5. The van der Waals surface area contributed by atoms with E-state index in [1.54, 1.807) is 6.20 Å². The van der Waals surface area contributed by atoms with Gasteiger partial charge < -0.3 is 15.0 Å². The first-order chi connectivity index (χ1) is 12.2. The van der Waals surface area contributed by atoms with Crippen LogP contribution >= 0.6 is 0 Å². The number of aryl methyl sites for hydroxylation is 2. The quantitative estimate of drug-likeness (QED) is 0.744. The predicted octanol–water partition coefficient (Wildman–Crippen LogP) is 1.02. The molecular weight excluding hydrogens is 320 g/mol. The summed E-state index contributed by atoms with van der Waals surface area (Å²) in [5, 5.41) is 20.4. The molecule has 2 atom stereocenters. The zero-order chi connectivity index (χ0) is 17.6. The standard InChI is InChI=1S/C17H26N6O2/c1-2-22-9-8-18-16(22)17(25)19-15-7-3-5-13(15)11-23-12-14(20-21-23)6-4-10-24/h8-9,12-13,15,24H,2-7,10-11H2,1H3,(H,19,25)/t13-,15-/m1/s1. The van der Waals surface area contributed by atoms with Crippen LogP contribution in [0.4, 0.5) is 0 Å². The summed E-state index contributed by atoms with van der Waals surface area (Å²) in [5.74, 6) is 0.715. The van der Waals surface area contributed by atoms with E-state index >= 15 is 0 Å². The molecule has 1 fully saturated rings. The van der Waals surface area contributed by atoms with E-state index in [0.29, 0.717) is 18.2 Å². The second-order valence-electron chi connectivity index (χ2n) is 6.57. The Kier molecular flexibility index (Phi) is 5.80. The largest absolute Gasteiger partial charge is 0.396 e. The number of aromatic nitrogens is 5. The number of rotatable bonds is 8. The fourth-order valence-electron chi connectivity index (χ4n) is 3.49. The molecule has 1 aliphatic carbocycles. The van der Waals surface area contributed by atoms with Crippen LogP contribution in [0.15, 0.2) is 18.6 Å². The first-order valence-electron chi connectivity index (χ1n) is 9.03. The number of aliphatic hydroxyl groups excluding tert-OH is 1. The molecule has 0 bridgehead atoms. The Balaban J connectivity index is 1.59. The maximum absolute atomic E-state index is 12.5. The summed E-state index contributed by atoms with van der Waals surface area (Å²) in [6.45, 7) is 3.64. The first-order valence-corrected chi connectivity index (χ1v) is 9.03. The van der Waals surface area contributed by atoms with Crippen LogP contribution in [0.3, 0.4) is 0 Å². The molecule has 1 saturated carbocycles. The fourth-order valence-corrected chi connectivity index (χ4v) is 3.49. The maximum Gasteiger partial charge on any atom is 0.287 e. The number of nitrogens with zero attached hydrogens (tertiary/aromatic N) is 5. The molecule has 25 heavy (non-hydrogen) atoms. The summed E-state index contributed by atoms with van der Waals surface area (Å²) >= 11 is 0. The molecule has 1 amide bonds. The monoisotopic (exact) mass is 346 g/mol. The lowest BCUT2D eigenvalue weighted by atomic mass is 10.0. The molecule has 0 unspecified atom stereocenters. The number of aliphatic hydroxyl groups is 1. The van der Waals surface area contributed by atoms with E-state index in [1.165, 1.54) is 0 Å². The molecule has 3 rings (SSSR count). The highest BCUT2D eigenvalue weighted by Gasteiger charge is 2.30. The fraction of sp³-hybridized carbons (Fsp3) is 0.647. The average molecular weight is 346 g/mol. The molecule has 1 aliphatic rings. The summed E-state index contributed by atoms with van der Waals surface area (Å²) in [4.78, 5) is 16.7. The van der Waals surface area contributed by atoms with Gasteiger partial charge in [0, 0.05) is 44.3 Å². The van der Waals surface area contributed by atoms with Crippen LogP contribution in [0.2, 0.25) is 0 Å². The normalized spacial score (nSPS) is 20.1. The Morgan fingerprint density at radius 3 is 3.12 bits per heavy atom. The van der Waals surface area contributed by atoms with Crippen molar-refractivity contribution < 1.29 is 9.90 Å². The van der Waals surface area contributed by atoms with Gasteiger partial charge in [-0.1, -0.05) is 11.6 Å². The van der Waals surface area contributed by atoms with Gasteiger partial charge in [0.1, 0.15) is 0 Å². The van der Waals surface area contributed by atoms with Crippen LogP contribution in [0.5, 0.6) is 0 Å². The van der Waals surface area contributed by atoms with Crippen molar-refractivity contribution in [3.8, 4) is 0 Å². The zero-order valence-electron chi connectivity index (χ0n) is 14.6. The van der Waals surface area contributed by atoms with Crippen molar-refractivity contribution in [3.05, 3.63) is 30.1 Å². The van der Waals surface area contributed by atoms with E-state index in [1.807, 2.05) is 28.6 Å². The van der Waals surface area contributed by atoms with Crippen LogP contribution in [0, 0.1) is 5.92 Å². The van der Waals surface area contributed by atoms with Crippen molar-refractivity contribution in [1.29, 1.82) is 0 Å². The molecular formula is C17H26N6O2. The maximum atomic E-state index is 12.5. The van der Waals surface area contributed by atoms with Crippen molar-refractivity contribution in [2.24, 2.45) is 5.92 Å². The van der Waals surface area contributed by atoms with Crippen molar-refractivity contribution in [2.75, 3.05) is 6.61 Å². The predicted molar refractivity (Wildman–Crippen MR) is 91.9 cm³/mol. The number of carbonyl (C=O) groups excluding carboxylic acids is 1. The molecule has 2 heterocycles. The molecule has 0 aromatic carbocycles. The van der Waals surface area contributed by atoms with Gasteiger partial charge in [-0.2, -0.15) is 0 Å². The van der Waals surface area contributed by atoms with Gasteiger partial charge in [-0.3, -0.25) is 9.48 Å². The van der Waals surface area contributed by atoms with Gasteiger partial charge in [-0.25, -0.2) is 4.98 Å². The Bertz CT molecular complexity index is 695. The SMILES string of the molecule is CCn1ccnc1C(=O)N[C@@H]1CCC[C@@H]1Cn1cc(CCCO)nn1. The number of amides is 1. The lowest BCUT2D eigenvalue weighted by Gasteiger charge is -2.20. The second kappa shape index (κ2) is 8.24. The van der Waals surface area contributed by atoms with Gasteiger partial charge in [-0.15, -0.1) is 5.10 Å². The van der Waals surface area contributed by atoms with E-state index in [-0.39, 0.29) is 18.6 Å². The first kappa shape index (κ1) is 17.6. The number of carbonyl (C=O) groups is 1. The molecule has 2 aromatic heterocycles. The molecule has 0 aliphatic heterocycles. The Labute approximate surface area is 147 Å². The minimum absolute atomic E-state index is 0.106. The molecule has 0 spiro atoms. The molecule has 8 heteroatoms. The van der Waals surface area contributed by atoms with E-state index < -0.39 is 0 Å². The summed E-state index contributed by atoms with van der Waals surface area (Å²) in [5.41, 5.74) is 0.901. The van der Waals surface area contributed by atoms with E-state index in [4.69, 9.17) is 5.11 Å². The van der Waals surface area contributed by atoms with E-state index in [0.717, 1.165) is 44.5 Å². The Morgan fingerprint density at radius 1 is 1.44 bits per heavy atom. The van der Waals surface area contributed by atoms with Crippen molar-refractivity contribution in [2.45, 2.75) is 58.2 Å². The third-order valence-corrected chi connectivity index (χ3v) is 4.83. The summed E-state index contributed by atoms with van der Waals surface area (Å²) in [6.07, 6.45) is 10.0. The van der Waals surface area contributed by atoms with Crippen LogP contribution in [-0.4, -0.2) is 48.2 Å². The van der Waals surface area contributed by atoms with Gasteiger partial charge in [0.15, 0.2) is 5.82 Å². The van der Waals surface area contributed by atoms with Crippen molar-refractivity contribution >= 4 is 5.91 Å². The Hall–Kier alpha value is -2.22. The highest BCUT2D eigenvalue weighted by molar-refractivity contribution is 5.91. The van der Waals surface area contributed by atoms with E-state index in [9.17, 15) is 4.79 Å². The minimum atomic E-state index is -0.106.